The maximum absolute atomic E-state index is 12.4. The summed E-state index contributed by atoms with van der Waals surface area (Å²) in [7, 11) is 0. The zero-order chi connectivity index (χ0) is 10.3. The van der Waals surface area contributed by atoms with Crippen molar-refractivity contribution in [2.75, 3.05) is 5.73 Å². The van der Waals surface area contributed by atoms with Crippen LogP contribution in [0.2, 0.25) is 0 Å². The summed E-state index contributed by atoms with van der Waals surface area (Å²) in [5, 5.41) is 0. The van der Waals surface area contributed by atoms with Gasteiger partial charge >= 0.3 is 6.18 Å². The zero-order valence-electron chi connectivity index (χ0n) is 7.10. The van der Waals surface area contributed by atoms with Crippen molar-refractivity contribution in [1.82, 2.24) is 0 Å². The molecule has 0 saturated carbocycles. The van der Waals surface area contributed by atoms with E-state index in [1.54, 1.807) is 12.1 Å². The molecule has 74 valence electrons. The molecule has 1 aromatic carbocycles. The van der Waals surface area contributed by atoms with Crippen molar-refractivity contribution >= 4 is 11.4 Å². The van der Waals surface area contributed by atoms with Gasteiger partial charge in [-0.05, 0) is 17.7 Å². The van der Waals surface area contributed by atoms with E-state index in [9.17, 15) is 13.2 Å². The van der Waals surface area contributed by atoms with Gasteiger partial charge in [-0.1, -0.05) is 6.07 Å². The average molecular weight is 200 g/mol. The number of halogens is 3. The molecule has 1 aliphatic rings. The highest BCUT2D eigenvalue weighted by molar-refractivity contribution is 6.07. The molecule has 0 aromatic heterocycles. The molecule has 14 heavy (non-hydrogen) atoms. The average Bonchev–Trinajstić information content (AvgIpc) is 2.45. The largest absolute Gasteiger partial charge is 0.433 e. The molecule has 0 amide bonds. The second-order valence-electron chi connectivity index (χ2n) is 3.08. The third-order valence-electron chi connectivity index (χ3n) is 2.07. The van der Waals surface area contributed by atoms with E-state index in [-0.39, 0.29) is 12.1 Å². The summed E-state index contributed by atoms with van der Waals surface area (Å²) in [5.41, 5.74) is 5.60. The molecule has 0 fully saturated rings. The van der Waals surface area contributed by atoms with Crippen LogP contribution in [-0.4, -0.2) is 11.9 Å². The van der Waals surface area contributed by atoms with Gasteiger partial charge in [0.2, 0.25) is 0 Å². The van der Waals surface area contributed by atoms with Crippen molar-refractivity contribution in [3.63, 3.8) is 0 Å². The van der Waals surface area contributed by atoms with Gasteiger partial charge in [-0.3, -0.25) is 4.99 Å². The van der Waals surface area contributed by atoms with Crippen LogP contribution in [0.15, 0.2) is 23.2 Å². The third-order valence-corrected chi connectivity index (χ3v) is 2.07. The van der Waals surface area contributed by atoms with Crippen LogP contribution in [0.25, 0.3) is 0 Å². The third kappa shape index (κ3) is 1.34. The molecule has 0 spiro atoms. The summed E-state index contributed by atoms with van der Waals surface area (Å²) in [6.45, 7) is 0.0878. The van der Waals surface area contributed by atoms with Crippen LogP contribution in [0.4, 0.5) is 18.9 Å². The van der Waals surface area contributed by atoms with Crippen molar-refractivity contribution in [3.8, 4) is 0 Å². The molecule has 2 nitrogen and oxygen atoms in total. The Morgan fingerprint density at radius 1 is 1.29 bits per heavy atom. The van der Waals surface area contributed by atoms with E-state index >= 15 is 0 Å². The maximum atomic E-state index is 12.4. The van der Waals surface area contributed by atoms with E-state index in [1.165, 1.54) is 6.07 Å². The van der Waals surface area contributed by atoms with E-state index in [0.717, 1.165) is 0 Å². The van der Waals surface area contributed by atoms with E-state index in [1.807, 2.05) is 0 Å². The second kappa shape index (κ2) is 2.73. The van der Waals surface area contributed by atoms with Crippen LogP contribution >= 0.6 is 0 Å². The Kier molecular flexibility index (Phi) is 1.77. The number of fused-ring (bicyclic) bond motifs is 1. The smallest absolute Gasteiger partial charge is 0.399 e. The second-order valence-corrected chi connectivity index (χ2v) is 3.08. The van der Waals surface area contributed by atoms with Crippen LogP contribution in [0, 0.1) is 0 Å². The number of rotatable bonds is 0. The fourth-order valence-corrected chi connectivity index (χ4v) is 1.44. The minimum Gasteiger partial charge on any atom is -0.399 e. The van der Waals surface area contributed by atoms with Crippen molar-refractivity contribution in [2.45, 2.75) is 12.7 Å². The monoisotopic (exact) mass is 200 g/mol. The molecule has 2 N–H and O–H groups in total. The first-order valence-electron chi connectivity index (χ1n) is 3.99. The normalized spacial score (nSPS) is 15.2. The number of anilines is 1. The van der Waals surface area contributed by atoms with Gasteiger partial charge in [0.15, 0.2) is 0 Å². The molecule has 0 saturated heterocycles. The van der Waals surface area contributed by atoms with Crippen LogP contribution in [-0.2, 0) is 6.54 Å². The number of benzene rings is 1. The highest BCUT2D eigenvalue weighted by Gasteiger charge is 2.39. The first kappa shape index (κ1) is 9.05. The first-order chi connectivity index (χ1) is 6.48. The molecule has 1 heterocycles. The van der Waals surface area contributed by atoms with Gasteiger partial charge < -0.3 is 5.73 Å². The van der Waals surface area contributed by atoms with Crippen molar-refractivity contribution in [2.24, 2.45) is 4.99 Å². The lowest BCUT2D eigenvalue weighted by atomic mass is 10.0. The Bertz CT molecular complexity index is 407. The Morgan fingerprint density at radius 3 is 2.64 bits per heavy atom. The molecule has 0 aliphatic carbocycles. The summed E-state index contributed by atoms with van der Waals surface area (Å²) >= 11 is 0. The Hall–Kier alpha value is -1.52. The predicted molar refractivity (Wildman–Crippen MR) is 47.2 cm³/mol. The maximum Gasteiger partial charge on any atom is 0.433 e. The van der Waals surface area contributed by atoms with Crippen molar-refractivity contribution < 1.29 is 13.2 Å². The van der Waals surface area contributed by atoms with Crippen LogP contribution in [0.1, 0.15) is 11.1 Å². The number of nitrogens with zero attached hydrogens (tertiary/aromatic N) is 1. The minimum absolute atomic E-state index is 0.0878. The molecular weight excluding hydrogens is 193 g/mol. The fourth-order valence-electron chi connectivity index (χ4n) is 1.44. The molecular formula is C9H7F3N2. The zero-order valence-corrected chi connectivity index (χ0v) is 7.10. The van der Waals surface area contributed by atoms with Crippen LogP contribution in [0.3, 0.4) is 0 Å². The van der Waals surface area contributed by atoms with Crippen molar-refractivity contribution in [3.05, 3.63) is 29.3 Å². The number of hydrogen-bond acceptors (Lipinski definition) is 2. The fraction of sp³-hybridized carbons (Fsp3) is 0.222. The summed E-state index contributed by atoms with van der Waals surface area (Å²) < 4.78 is 37.2. The molecule has 0 atom stereocenters. The Labute approximate surface area is 78.3 Å². The molecule has 1 aliphatic heterocycles. The number of hydrogen-bond donors (Lipinski definition) is 1. The highest BCUT2D eigenvalue weighted by atomic mass is 19.4. The van der Waals surface area contributed by atoms with E-state index in [4.69, 9.17) is 5.73 Å². The lowest BCUT2D eigenvalue weighted by molar-refractivity contribution is -0.0579. The Balaban J connectivity index is 2.51. The SMILES string of the molecule is Nc1ccc2c(c1)C(C(F)(F)F)=NC2. The van der Waals surface area contributed by atoms with Gasteiger partial charge in [0.25, 0.3) is 0 Å². The lowest BCUT2D eigenvalue weighted by Crippen LogP contribution is -2.22. The summed E-state index contributed by atoms with van der Waals surface area (Å²) in [6, 6.07) is 4.47. The van der Waals surface area contributed by atoms with Crippen LogP contribution in [0.5, 0.6) is 0 Å². The molecule has 0 bridgehead atoms. The van der Waals surface area contributed by atoms with Gasteiger partial charge in [0.05, 0.1) is 6.54 Å². The molecule has 0 unspecified atom stereocenters. The molecule has 2 rings (SSSR count). The van der Waals surface area contributed by atoms with E-state index in [2.05, 4.69) is 4.99 Å². The quantitative estimate of drug-likeness (QED) is 0.640. The van der Waals surface area contributed by atoms with Gasteiger partial charge in [0, 0.05) is 11.3 Å². The summed E-state index contributed by atoms with van der Waals surface area (Å²) in [4.78, 5) is 3.45. The highest BCUT2D eigenvalue weighted by Crippen LogP contribution is 2.30. The Morgan fingerprint density at radius 2 is 2.00 bits per heavy atom. The number of nitrogens with two attached hydrogens (primary N) is 1. The van der Waals surface area contributed by atoms with Gasteiger partial charge in [-0.15, -0.1) is 0 Å². The number of alkyl halides is 3. The lowest BCUT2D eigenvalue weighted by Gasteiger charge is -2.07. The molecule has 1 aromatic rings. The van der Waals surface area contributed by atoms with Gasteiger partial charge in [0.1, 0.15) is 5.71 Å². The molecule has 0 radical (unpaired) electrons. The summed E-state index contributed by atoms with van der Waals surface area (Å²) in [5.74, 6) is 0. The van der Waals surface area contributed by atoms with Crippen LogP contribution < -0.4 is 5.73 Å². The first-order valence-corrected chi connectivity index (χ1v) is 3.99. The van der Waals surface area contributed by atoms with E-state index in [0.29, 0.717) is 11.3 Å². The molecule has 5 heteroatoms. The topological polar surface area (TPSA) is 38.4 Å². The van der Waals surface area contributed by atoms with Gasteiger partial charge in [-0.25, -0.2) is 0 Å². The van der Waals surface area contributed by atoms with E-state index < -0.39 is 11.9 Å². The standard InChI is InChI=1S/C9H7F3N2/c10-9(11,12)8-7-3-6(13)2-1-5(7)4-14-8/h1-3H,4,13H2. The minimum atomic E-state index is -4.39. The number of nitrogen functional groups attached to an aromatic ring is 1. The predicted octanol–water partition coefficient (Wildman–Crippen LogP) is 2.13. The van der Waals surface area contributed by atoms with Gasteiger partial charge in [-0.2, -0.15) is 13.2 Å². The summed E-state index contributed by atoms with van der Waals surface area (Å²) in [6.07, 6.45) is -4.39. The van der Waals surface area contributed by atoms with Crippen molar-refractivity contribution in [1.29, 1.82) is 0 Å². The number of aliphatic imine (C=N–C) groups is 1.